The third kappa shape index (κ3) is 2.00. The van der Waals surface area contributed by atoms with E-state index in [0.717, 1.165) is 6.54 Å². The summed E-state index contributed by atoms with van der Waals surface area (Å²) >= 11 is 5.47. The molecule has 2 rings (SSSR count). The first-order chi connectivity index (χ1) is 6.83. The SMILES string of the molecule is CSc1cccc(Br)c1C1CCCN1. The smallest absolute Gasteiger partial charge is 0.0343 e. The zero-order valence-corrected chi connectivity index (χ0v) is 10.6. The Morgan fingerprint density at radius 3 is 3.00 bits per heavy atom. The first-order valence-corrected chi connectivity index (χ1v) is 6.90. The fourth-order valence-electron chi connectivity index (χ4n) is 1.96. The lowest BCUT2D eigenvalue weighted by Crippen LogP contribution is -2.14. The quantitative estimate of drug-likeness (QED) is 0.826. The molecule has 1 aromatic carbocycles. The van der Waals surface area contributed by atoms with E-state index < -0.39 is 0 Å². The molecule has 0 aliphatic carbocycles. The molecule has 76 valence electrons. The zero-order valence-electron chi connectivity index (χ0n) is 8.22. The second-order valence-electron chi connectivity index (χ2n) is 3.50. The average Bonchev–Trinajstić information content (AvgIpc) is 2.70. The summed E-state index contributed by atoms with van der Waals surface area (Å²) in [6.45, 7) is 1.15. The highest BCUT2D eigenvalue weighted by molar-refractivity contribution is 9.10. The Morgan fingerprint density at radius 2 is 2.36 bits per heavy atom. The van der Waals surface area contributed by atoms with Gasteiger partial charge < -0.3 is 5.32 Å². The largest absolute Gasteiger partial charge is 0.310 e. The number of benzene rings is 1. The van der Waals surface area contributed by atoms with Crippen molar-refractivity contribution < 1.29 is 0 Å². The molecule has 1 aliphatic heterocycles. The molecule has 0 bridgehead atoms. The molecule has 1 saturated heterocycles. The van der Waals surface area contributed by atoms with Crippen molar-refractivity contribution in [1.29, 1.82) is 0 Å². The Hall–Kier alpha value is 0.01000. The average molecular weight is 272 g/mol. The molecule has 1 aliphatic rings. The molecule has 1 nitrogen and oxygen atoms in total. The van der Waals surface area contributed by atoms with E-state index in [1.54, 1.807) is 0 Å². The van der Waals surface area contributed by atoms with Crippen molar-refractivity contribution >= 4 is 27.7 Å². The highest BCUT2D eigenvalue weighted by atomic mass is 79.9. The predicted molar refractivity (Wildman–Crippen MR) is 65.9 cm³/mol. The lowest BCUT2D eigenvalue weighted by molar-refractivity contribution is 0.633. The van der Waals surface area contributed by atoms with Gasteiger partial charge in [0, 0.05) is 15.4 Å². The van der Waals surface area contributed by atoms with Gasteiger partial charge in [-0.15, -0.1) is 11.8 Å². The van der Waals surface area contributed by atoms with Gasteiger partial charge in [-0.1, -0.05) is 22.0 Å². The number of nitrogens with one attached hydrogen (secondary N) is 1. The summed E-state index contributed by atoms with van der Waals surface area (Å²) in [7, 11) is 0. The van der Waals surface area contributed by atoms with Crippen LogP contribution in [0.3, 0.4) is 0 Å². The van der Waals surface area contributed by atoms with Crippen LogP contribution in [0.1, 0.15) is 24.4 Å². The maximum atomic E-state index is 3.64. The van der Waals surface area contributed by atoms with E-state index in [9.17, 15) is 0 Å². The standard InChI is InChI=1S/C11H14BrNS/c1-14-10-6-2-4-8(12)11(10)9-5-3-7-13-9/h2,4,6,9,13H,3,5,7H2,1H3. The van der Waals surface area contributed by atoms with Crippen LogP contribution >= 0.6 is 27.7 Å². The van der Waals surface area contributed by atoms with Crippen molar-refractivity contribution in [2.75, 3.05) is 12.8 Å². The molecule has 0 spiro atoms. The van der Waals surface area contributed by atoms with Crippen molar-refractivity contribution in [3.05, 3.63) is 28.2 Å². The maximum Gasteiger partial charge on any atom is 0.0343 e. The summed E-state index contributed by atoms with van der Waals surface area (Å²) in [6, 6.07) is 6.99. The van der Waals surface area contributed by atoms with Gasteiger partial charge in [0.1, 0.15) is 0 Å². The van der Waals surface area contributed by atoms with Gasteiger partial charge in [-0.05, 0) is 43.3 Å². The van der Waals surface area contributed by atoms with Crippen molar-refractivity contribution in [3.63, 3.8) is 0 Å². The van der Waals surface area contributed by atoms with Gasteiger partial charge in [-0.3, -0.25) is 0 Å². The van der Waals surface area contributed by atoms with Gasteiger partial charge in [-0.25, -0.2) is 0 Å². The molecular weight excluding hydrogens is 258 g/mol. The monoisotopic (exact) mass is 271 g/mol. The molecule has 1 fully saturated rings. The topological polar surface area (TPSA) is 12.0 Å². The third-order valence-electron chi connectivity index (χ3n) is 2.64. The summed E-state index contributed by atoms with van der Waals surface area (Å²) in [4.78, 5) is 1.39. The molecule has 1 N–H and O–H groups in total. The van der Waals surface area contributed by atoms with E-state index in [-0.39, 0.29) is 0 Å². The van der Waals surface area contributed by atoms with Crippen LogP contribution in [0.5, 0.6) is 0 Å². The number of rotatable bonds is 2. The molecule has 1 unspecified atom stereocenters. The minimum Gasteiger partial charge on any atom is -0.310 e. The van der Waals surface area contributed by atoms with E-state index in [0.29, 0.717) is 6.04 Å². The zero-order chi connectivity index (χ0) is 9.97. The molecular formula is C11H14BrNS. The summed E-state index contributed by atoms with van der Waals surface area (Å²) < 4.78 is 1.24. The van der Waals surface area contributed by atoms with Crippen LogP contribution in [-0.2, 0) is 0 Å². The molecule has 0 amide bonds. The summed E-state index contributed by atoms with van der Waals surface area (Å²) in [5, 5.41) is 3.55. The maximum absolute atomic E-state index is 3.64. The van der Waals surface area contributed by atoms with Gasteiger partial charge in [0.15, 0.2) is 0 Å². The van der Waals surface area contributed by atoms with Crippen LogP contribution in [-0.4, -0.2) is 12.8 Å². The minimum atomic E-state index is 0.549. The van der Waals surface area contributed by atoms with Gasteiger partial charge in [0.2, 0.25) is 0 Å². The van der Waals surface area contributed by atoms with Crippen LogP contribution in [0.25, 0.3) is 0 Å². The Morgan fingerprint density at radius 1 is 1.50 bits per heavy atom. The van der Waals surface area contributed by atoms with Gasteiger partial charge in [-0.2, -0.15) is 0 Å². The van der Waals surface area contributed by atoms with E-state index in [1.807, 2.05) is 11.8 Å². The molecule has 1 aromatic rings. The minimum absolute atomic E-state index is 0.549. The Labute approximate surface area is 97.8 Å². The predicted octanol–water partition coefficient (Wildman–Crippen LogP) is 3.60. The van der Waals surface area contributed by atoms with Crippen molar-refractivity contribution in [3.8, 4) is 0 Å². The first kappa shape index (κ1) is 10.5. The Kier molecular flexibility index (Phi) is 3.52. The van der Waals surface area contributed by atoms with Gasteiger partial charge >= 0.3 is 0 Å². The van der Waals surface area contributed by atoms with Crippen molar-refractivity contribution in [2.24, 2.45) is 0 Å². The summed E-state index contributed by atoms with van der Waals surface area (Å²) in [5.41, 5.74) is 1.44. The number of hydrogen-bond donors (Lipinski definition) is 1. The fraction of sp³-hybridized carbons (Fsp3) is 0.455. The number of halogens is 1. The lowest BCUT2D eigenvalue weighted by Gasteiger charge is -2.16. The number of thioether (sulfide) groups is 1. The third-order valence-corrected chi connectivity index (χ3v) is 4.13. The van der Waals surface area contributed by atoms with Crippen LogP contribution in [0, 0.1) is 0 Å². The van der Waals surface area contributed by atoms with E-state index >= 15 is 0 Å². The summed E-state index contributed by atoms with van der Waals surface area (Å²) in [5.74, 6) is 0. The Balaban J connectivity index is 2.37. The van der Waals surface area contributed by atoms with Crippen LogP contribution in [0.15, 0.2) is 27.6 Å². The molecule has 3 heteroatoms. The van der Waals surface area contributed by atoms with E-state index in [1.165, 1.54) is 27.8 Å². The highest BCUT2D eigenvalue weighted by Gasteiger charge is 2.20. The lowest BCUT2D eigenvalue weighted by atomic mass is 10.1. The van der Waals surface area contributed by atoms with Crippen LogP contribution < -0.4 is 5.32 Å². The second kappa shape index (κ2) is 4.69. The van der Waals surface area contributed by atoms with Gasteiger partial charge in [0.05, 0.1) is 0 Å². The summed E-state index contributed by atoms with van der Waals surface area (Å²) in [6.07, 6.45) is 4.69. The second-order valence-corrected chi connectivity index (χ2v) is 5.21. The highest BCUT2D eigenvalue weighted by Crippen LogP contribution is 2.35. The number of hydrogen-bond acceptors (Lipinski definition) is 2. The van der Waals surface area contributed by atoms with E-state index in [2.05, 4.69) is 45.7 Å². The molecule has 0 aromatic heterocycles. The molecule has 0 radical (unpaired) electrons. The first-order valence-electron chi connectivity index (χ1n) is 4.88. The van der Waals surface area contributed by atoms with Crippen LogP contribution in [0.4, 0.5) is 0 Å². The Bertz CT molecular complexity index is 321. The molecule has 14 heavy (non-hydrogen) atoms. The van der Waals surface area contributed by atoms with Crippen molar-refractivity contribution in [2.45, 2.75) is 23.8 Å². The van der Waals surface area contributed by atoms with Gasteiger partial charge in [0.25, 0.3) is 0 Å². The van der Waals surface area contributed by atoms with Crippen molar-refractivity contribution in [1.82, 2.24) is 5.32 Å². The molecule has 1 atom stereocenters. The normalized spacial score (nSPS) is 21.4. The molecule has 1 heterocycles. The van der Waals surface area contributed by atoms with Crippen LogP contribution in [0.2, 0.25) is 0 Å². The fourth-order valence-corrected chi connectivity index (χ4v) is 3.42. The molecule has 0 saturated carbocycles. The van der Waals surface area contributed by atoms with E-state index in [4.69, 9.17) is 0 Å².